The summed E-state index contributed by atoms with van der Waals surface area (Å²) in [5.74, 6) is 0. The molecule has 1 saturated carbocycles. The Morgan fingerprint density at radius 1 is 1.38 bits per heavy atom. The van der Waals surface area contributed by atoms with E-state index in [1.54, 1.807) is 24.3 Å². The number of hydrogen-bond donors (Lipinski definition) is 2. The zero-order valence-corrected chi connectivity index (χ0v) is 9.41. The summed E-state index contributed by atoms with van der Waals surface area (Å²) in [5.41, 5.74) is 6.25. The predicted octanol–water partition coefficient (Wildman–Crippen LogP) is 2.38. The van der Waals surface area contributed by atoms with Gasteiger partial charge in [-0.2, -0.15) is 0 Å². The number of carbonyl (C=O) groups is 1. The summed E-state index contributed by atoms with van der Waals surface area (Å²) in [4.78, 5) is 11.4. The maximum Gasteiger partial charge on any atom is 0.411 e. The molecule has 0 bridgehead atoms. The monoisotopic (exact) mass is 240 g/mol. The standard InChI is InChI=1S/C11H13ClN2O2/c12-7-1-3-9(4-2-7)14-11(15)16-10-5-8(13)6-10/h1-4,8,10H,5-6,13H2,(H,14,15). The minimum atomic E-state index is -0.445. The van der Waals surface area contributed by atoms with Crippen molar-refractivity contribution in [3.05, 3.63) is 29.3 Å². The van der Waals surface area contributed by atoms with Gasteiger partial charge in [-0.3, -0.25) is 5.32 Å². The predicted molar refractivity (Wildman–Crippen MR) is 62.6 cm³/mol. The van der Waals surface area contributed by atoms with Gasteiger partial charge in [-0.25, -0.2) is 4.79 Å². The highest BCUT2D eigenvalue weighted by Crippen LogP contribution is 2.22. The van der Waals surface area contributed by atoms with Crippen molar-refractivity contribution in [3.8, 4) is 0 Å². The van der Waals surface area contributed by atoms with Gasteiger partial charge in [0.25, 0.3) is 0 Å². The number of rotatable bonds is 2. The van der Waals surface area contributed by atoms with Crippen molar-refractivity contribution in [1.82, 2.24) is 0 Å². The van der Waals surface area contributed by atoms with Gasteiger partial charge in [-0.05, 0) is 37.1 Å². The Kier molecular flexibility index (Phi) is 3.31. The zero-order chi connectivity index (χ0) is 11.5. The molecule has 5 heteroatoms. The highest BCUT2D eigenvalue weighted by Gasteiger charge is 2.29. The summed E-state index contributed by atoms with van der Waals surface area (Å²) in [5, 5.41) is 3.25. The summed E-state index contributed by atoms with van der Waals surface area (Å²) in [6.45, 7) is 0. The van der Waals surface area contributed by atoms with Crippen LogP contribution >= 0.6 is 11.6 Å². The molecule has 0 unspecified atom stereocenters. The third kappa shape index (κ3) is 2.87. The minimum absolute atomic E-state index is 0.0395. The number of carbonyl (C=O) groups excluding carboxylic acids is 1. The van der Waals surface area contributed by atoms with Crippen molar-refractivity contribution in [3.63, 3.8) is 0 Å². The Bertz CT molecular complexity index is 374. The number of nitrogens with two attached hydrogens (primary N) is 1. The topological polar surface area (TPSA) is 64.3 Å². The average molecular weight is 241 g/mol. The van der Waals surface area contributed by atoms with E-state index in [1.807, 2.05) is 0 Å². The summed E-state index contributed by atoms with van der Waals surface area (Å²) >= 11 is 5.72. The van der Waals surface area contributed by atoms with Crippen LogP contribution in [0.2, 0.25) is 5.02 Å². The Morgan fingerprint density at radius 2 is 2.00 bits per heavy atom. The Labute approximate surface area is 98.7 Å². The molecule has 0 heterocycles. The van der Waals surface area contributed by atoms with Crippen LogP contribution in [0.15, 0.2) is 24.3 Å². The molecular formula is C11H13ClN2O2. The first-order valence-electron chi connectivity index (χ1n) is 5.12. The molecule has 0 saturated heterocycles. The highest BCUT2D eigenvalue weighted by atomic mass is 35.5. The van der Waals surface area contributed by atoms with Crippen LogP contribution in [0, 0.1) is 0 Å². The zero-order valence-electron chi connectivity index (χ0n) is 8.65. The van der Waals surface area contributed by atoms with Gasteiger partial charge in [0.05, 0.1) is 0 Å². The van der Waals surface area contributed by atoms with Crippen LogP contribution in [0.4, 0.5) is 10.5 Å². The molecule has 16 heavy (non-hydrogen) atoms. The van der Waals surface area contributed by atoms with E-state index in [-0.39, 0.29) is 12.1 Å². The van der Waals surface area contributed by atoms with Gasteiger partial charge in [0, 0.05) is 16.8 Å². The first-order chi connectivity index (χ1) is 7.63. The van der Waals surface area contributed by atoms with Gasteiger partial charge >= 0.3 is 6.09 Å². The van der Waals surface area contributed by atoms with E-state index < -0.39 is 6.09 Å². The van der Waals surface area contributed by atoms with Gasteiger partial charge in [0.15, 0.2) is 0 Å². The second-order valence-electron chi connectivity index (χ2n) is 3.89. The van der Waals surface area contributed by atoms with Crippen LogP contribution in [0.3, 0.4) is 0 Å². The molecule has 3 N–H and O–H groups in total. The molecule has 1 amide bonds. The lowest BCUT2D eigenvalue weighted by Crippen LogP contribution is -2.43. The van der Waals surface area contributed by atoms with Crippen LogP contribution in [-0.4, -0.2) is 18.2 Å². The van der Waals surface area contributed by atoms with Crippen molar-refractivity contribution >= 4 is 23.4 Å². The van der Waals surface area contributed by atoms with Crippen molar-refractivity contribution in [2.75, 3.05) is 5.32 Å². The number of hydrogen-bond acceptors (Lipinski definition) is 3. The van der Waals surface area contributed by atoms with E-state index in [4.69, 9.17) is 22.1 Å². The van der Waals surface area contributed by atoms with Gasteiger partial charge in [-0.1, -0.05) is 11.6 Å². The molecule has 1 aliphatic carbocycles. The van der Waals surface area contributed by atoms with E-state index in [1.165, 1.54) is 0 Å². The lowest BCUT2D eigenvalue weighted by atomic mass is 9.90. The van der Waals surface area contributed by atoms with E-state index in [0.717, 1.165) is 12.8 Å². The number of ether oxygens (including phenoxy) is 1. The fourth-order valence-electron chi connectivity index (χ4n) is 1.53. The molecule has 0 atom stereocenters. The second kappa shape index (κ2) is 4.72. The van der Waals surface area contributed by atoms with Crippen LogP contribution < -0.4 is 11.1 Å². The van der Waals surface area contributed by atoms with E-state index >= 15 is 0 Å². The molecule has 1 aliphatic rings. The first-order valence-corrected chi connectivity index (χ1v) is 5.50. The maximum absolute atomic E-state index is 11.4. The molecule has 0 spiro atoms. The SMILES string of the molecule is NC1CC(OC(=O)Nc2ccc(Cl)cc2)C1. The highest BCUT2D eigenvalue weighted by molar-refractivity contribution is 6.30. The molecule has 1 aromatic carbocycles. The summed E-state index contributed by atoms with van der Waals surface area (Å²) in [7, 11) is 0. The van der Waals surface area contributed by atoms with E-state index in [0.29, 0.717) is 10.7 Å². The molecular weight excluding hydrogens is 228 g/mol. The lowest BCUT2D eigenvalue weighted by molar-refractivity contribution is 0.0503. The third-order valence-corrected chi connectivity index (χ3v) is 2.75. The Hall–Kier alpha value is -1.26. The first kappa shape index (κ1) is 11.2. The van der Waals surface area contributed by atoms with Crippen LogP contribution in [0.1, 0.15) is 12.8 Å². The molecule has 2 rings (SSSR count). The summed E-state index contributed by atoms with van der Waals surface area (Å²) < 4.78 is 5.13. The van der Waals surface area contributed by atoms with Crippen molar-refractivity contribution < 1.29 is 9.53 Å². The molecule has 1 aromatic rings. The summed E-state index contributed by atoms with van der Waals surface area (Å²) in [6.07, 6.45) is 1.00. The normalized spacial score (nSPS) is 23.4. The third-order valence-electron chi connectivity index (χ3n) is 2.50. The Morgan fingerprint density at radius 3 is 2.56 bits per heavy atom. The van der Waals surface area contributed by atoms with Crippen molar-refractivity contribution in [2.24, 2.45) is 5.73 Å². The Balaban J connectivity index is 1.80. The molecule has 86 valence electrons. The lowest BCUT2D eigenvalue weighted by Gasteiger charge is -2.31. The second-order valence-corrected chi connectivity index (χ2v) is 4.33. The molecule has 0 aromatic heterocycles. The smallest absolute Gasteiger partial charge is 0.411 e. The fourth-order valence-corrected chi connectivity index (χ4v) is 1.66. The van der Waals surface area contributed by atoms with Gasteiger partial charge in [-0.15, -0.1) is 0 Å². The van der Waals surface area contributed by atoms with Crippen LogP contribution in [-0.2, 0) is 4.74 Å². The quantitative estimate of drug-likeness (QED) is 0.834. The fraction of sp³-hybridized carbons (Fsp3) is 0.364. The minimum Gasteiger partial charge on any atom is -0.446 e. The maximum atomic E-state index is 11.4. The van der Waals surface area contributed by atoms with Crippen LogP contribution in [0.25, 0.3) is 0 Å². The van der Waals surface area contributed by atoms with Gasteiger partial charge in [0.1, 0.15) is 6.10 Å². The summed E-state index contributed by atoms with van der Waals surface area (Å²) in [6, 6.07) is 7.02. The number of anilines is 1. The molecule has 4 nitrogen and oxygen atoms in total. The largest absolute Gasteiger partial charge is 0.446 e. The number of benzene rings is 1. The average Bonchev–Trinajstić information content (AvgIpc) is 2.19. The van der Waals surface area contributed by atoms with Crippen molar-refractivity contribution in [1.29, 1.82) is 0 Å². The van der Waals surface area contributed by atoms with E-state index in [9.17, 15) is 4.79 Å². The number of halogens is 1. The van der Waals surface area contributed by atoms with E-state index in [2.05, 4.69) is 5.32 Å². The molecule has 0 aliphatic heterocycles. The number of nitrogens with one attached hydrogen (secondary N) is 1. The van der Waals surface area contributed by atoms with Crippen molar-refractivity contribution in [2.45, 2.75) is 25.0 Å². The van der Waals surface area contributed by atoms with Crippen LogP contribution in [0.5, 0.6) is 0 Å². The number of amides is 1. The van der Waals surface area contributed by atoms with Gasteiger partial charge in [0.2, 0.25) is 0 Å². The van der Waals surface area contributed by atoms with Gasteiger partial charge < -0.3 is 10.5 Å². The molecule has 1 fully saturated rings. The molecule has 0 radical (unpaired) electrons.